The Morgan fingerprint density at radius 3 is 3.00 bits per heavy atom. The van der Waals surface area contributed by atoms with Gasteiger partial charge < -0.3 is 5.73 Å². The van der Waals surface area contributed by atoms with Crippen LogP contribution in [-0.4, -0.2) is 29.1 Å². The number of rotatable bonds is 1. The summed E-state index contributed by atoms with van der Waals surface area (Å²) in [5.41, 5.74) is 10.5. The van der Waals surface area contributed by atoms with E-state index >= 15 is 0 Å². The summed E-state index contributed by atoms with van der Waals surface area (Å²) in [6.07, 6.45) is 1.86. The predicted molar refractivity (Wildman–Crippen MR) is 99.9 cm³/mol. The first-order chi connectivity index (χ1) is 11.8. The fourth-order valence-electron chi connectivity index (χ4n) is 3.10. The topological polar surface area (TPSA) is 42.1 Å². The normalized spacial score (nSPS) is 17.8. The highest BCUT2D eigenvalue weighted by Gasteiger charge is 2.21. The second kappa shape index (κ2) is 6.74. The van der Waals surface area contributed by atoms with Gasteiger partial charge in [0.05, 0.1) is 23.9 Å². The van der Waals surface area contributed by atoms with Gasteiger partial charge in [0.15, 0.2) is 0 Å². The Morgan fingerprint density at radius 2 is 2.08 bits per heavy atom. The quantitative estimate of drug-likeness (QED) is 0.696. The summed E-state index contributed by atoms with van der Waals surface area (Å²) < 4.78 is 0. The molecule has 3 aromatic rings. The number of thiazole rings is 1. The second-order valence-corrected chi connectivity index (χ2v) is 7.02. The van der Waals surface area contributed by atoms with E-state index in [0.717, 1.165) is 24.9 Å². The lowest BCUT2D eigenvalue weighted by molar-refractivity contribution is 0.234. The van der Waals surface area contributed by atoms with Gasteiger partial charge in [0.25, 0.3) is 0 Å². The van der Waals surface area contributed by atoms with Crippen LogP contribution in [0.5, 0.6) is 0 Å². The smallest absolute Gasteiger partial charge is 0.0797 e. The van der Waals surface area contributed by atoms with Crippen molar-refractivity contribution in [1.29, 1.82) is 0 Å². The molecule has 120 valence electrons. The first-order valence-corrected chi connectivity index (χ1v) is 9.06. The van der Waals surface area contributed by atoms with Crippen molar-refractivity contribution in [3.05, 3.63) is 64.1 Å². The van der Waals surface area contributed by atoms with E-state index < -0.39 is 0 Å². The number of nitrogens with two attached hydrogens (primary N) is 1. The molecular weight excluding hydrogens is 314 g/mol. The molecule has 1 aliphatic rings. The van der Waals surface area contributed by atoms with Crippen molar-refractivity contribution in [3.8, 4) is 11.8 Å². The lowest BCUT2D eigenvalue weighted by Gasteiger charge is -2.23. The average Bonchev–Trinajstić information content (AvgIpc) is 2.98. The molecular formula is C20H19N3S. The molecule has 0 radical (unpaired) electrons. The fraction of sp³-hybridized carbons (Fsp3) is 0.250. The Morgan fingerprint density at radius 1 is 1.21 bits per heavy atom. The molecule has 0 spiro atoms. The first-order valence-electron chi connectivity index (χ1n) is 8.18. The van der Waals surface area contributed by atoms with E-state index in [9.17, 15) is 0 Å². The van der Waals surface area contributed by atoms with Gasteiger partial charge in [0, 0.05) is 29.8 Å². The van der Waals surface area contributed by atoms with Crippen LogP contribution in [0.25, 0.3) is 10.8 Å². The maximum atomic E-state index is 6.34. The molecule has 0 bridgehead atoms. The zero-order valence-electron chi connectivity index (χ0n) is 13.4. The minimum Gasteiger partial charge on any atom is -0.315 e. The van der Waals surface area contributed by atoms with E-state index in [0.29, 0.717) is 6.54 Å². The van der Waals surface area contributed by atoms with Crippen LogP contribution in [0.3, 0.4) is 0 Å². The molecule has 0 amide bonds. The van der Waals surface area contributed by atoms with E-state index in [1.165, 1.54) is 21.3 Å². The minimum absolute atomic E-state index is 0.0256. The van der Waals surface area contributed by atoms with Crippen LogP contribution < -0.4 is 5.73 Å². The zero-order valence-corrected chi connectivity index (χ0v) is 14.2. The number of benzene rings is 2. The predicted octanol–water partition coefficient (Wildman–Crippen LogP) is 3.03. The van der Waals surface area contributed by atoms with Gasteiger partial charge in [-0.25, -0.2) is 4.98 Å². The van der Waals surface area contributed by atoms with E-state index in [2.05, 4.69) is 64.2 Å². The van der Waals surface area contributed by atoms with Gasteiger partial charge in [-0.2, -0.15) is 0 Å². The highest BCUT2D eigenvalue weighted by atomic mass is 32.1. The Kier molecular flexibility index (Phi) is 4.31. The third-order valence-corrected chi connectivity index (χ3v) is 5.39. The molecule has 0 saturated heterocycles. The van der Waals surface area contributed by atoms with Crippen LogP contribution in [-0.2, 0) is 12.8 Å². The molecule has 1 aromatic heterocycles. The number of hydrogen-bond donors (Lipinski definition) is 1. The molecule has 0 aliphatic carbocycles. The number of hydrogen-bond acceptors (Lipinski definition) is 4. The molecule has 4 rings (SSSR count). The second-order valence-electron chi connectivity index (χ2n) is 6.08. The van der Waals surface area contributed by atoms with Crippen LogP contribution in [0.4, 0.5) is 0 Å². The molecule has 1 atom stereocenters. The highest BCUT2D eigenvalue weighted by Crippen LogP contribution is 2.20. The highest BCUT2D eigenvalue weighted by molar-refractivity contribution is 7.09. The average molecular weight is 333 g/mol. The van der Waals surface area contributed by atoms with Gasteiger partial charge in [0.2, 0.25) is 0 Å². The Hall–Kier alpha value is -2.19. The maximum Gasteiger partial charge on any atom is 0.0797 e. The summed E-state index contributed by atoms with van der Waals surface area (Å²) in [5, 5.41) is 2.47. The molecule has 2 N–H and O–H groups in total. The van der Waals surface area contributed by atoms with Crippen LogP contribution >= 0.6 is 11.3 Å². The standard InChI is InChI=1S/C20H19N3S/c21-20-13-19-18(22-14-24-19)9-11-23(20)10-3-4-15-7-8-16-5-1-2-6-17(16)12-15/h1-2,5-8,12,14,20H,9-11,13,21H2. The van der Waals surface area contributed by atoms with Crippen molar-refractivity contribution in [1.82, 2.24) is 9.88 Å². The van der Waals surface area contributed by atoms with Crippen molar-refractivity contribution in [2.75, 3.05) is 13.1 Å². The zero-order chi connectivity index (χ0) is 16.4. The fourth-order valence-corrected chi connectivity index (χ4v) is 3.97. The lowest BCUT2D eigenvalue weighted by atomic mass is 10.1. The van der Waals surface area contributed by atoms with Crippen molar-refractivity contribution in [2.24, 2.45) is 5.73 Å². The molecule has 4 heteroatoms. The maximum absolute atomic E-state index is 6.34. The van der Waals surface area contributed by atoms with E-state index in [1.807, 2.05) is 5.51 Å². The van der Waals surface area contributed by atoms with Crippen LogP contribution in [0.1, 0.15) is 16.1 Å². The summed E-state index contributed by atoms with van der Waals surface area (Å²) in [5.74, 6) is 6.57. The summed E-state index contributed by atoms with van der Waals surface area (Å²) in [7, 11) is 0. The summed E-state index contributed by atoms with van der Waals surface area (Å²) in [6, 6.07) is 14.7. The van der Waals surface area contributed by atoms with Gasteiger partial charge >= 0.3 is 0 Å². The molecule has 2 aromatic carbocycles. The molecule has 24 heavy (non-hydrogen) atoms. The Balaban J connectivity index is 1.46. The van der Waals surface area contributed by atoms with E-state index in [1.54, 1.807) is 11.3 Å². The van der Waals surface area contributed by atoms with Gasteiger partial charge in [-0.05, 0) is 22.9 Å². The van der Waals surface area contributed by atoms with E-state index in [4.69, 9.17) is 5.73 Å². The van der Waals surface area contributed by atoms with Gasteiger partial charge in [-0.15, -0.1) is 11.3 Å². The lowest BCUT2D eigenvalue weighted by Crippen LogP contribution is -2.43. The van der Waals surface area contributed by atoms with Crippen molar-refractivity contribution < 1.29 is 0 Å². The first kappa shape index (κ1) is 15.3. The number of fused-ring (bicyclic) bond motifs is 2. The molecule has 0 saturated carbocycles. The van der Waals surface area contributed by atoms with Crippen LogP contribution in [0.2, 0.25) is 0 Å². The summed E-state index contributed by atoms with van der Waals surface area (Å²) in [6.45, 7) is 1.62. The molecule has 1 aliphatic heterocycles. The number of aromatic nitrogens is 1. The SMILES string of the molecule is NC1Cc2scnc2CCN1CC#Cc1ccc2ccccc2c1. The molecule has 3 nitrogen and oxygen atoms in total. The van der Waals surface area contributed by atoms with Gasteiger partial charge in [-0.1, -0.05) is 42.2 Å². The summed E-state index contributed by atoms with van der Waals surface area (Å²) in [4.78, 5) is 8.02. The molecule has 1 unspecified atom stereocenters. The molecule has 2 heterocycles. The van der Waals surface area contributed by atoms with E-state index in [-0.39, 0.29) is 6.17 Å². The third kappa shape index (κ3) is 3.20. The monoisotopic (exact) mass is 333 g/mol. The Labute approximate surface area is 146 Å². The third-order valence-electron chi connectivity index (χ3n) is 4.49. The Bertz CT molecular complexity index is 919. The van der Waals surface area contributed by atoms with Gasteiger partial charge in [0.1, 0.15) is 0 Å². The largest absolute Gasteiger partial charge is 0.315 e. The van der Waals surface area contributed by atoms with Crippen molar-refractivity contribution in [3.63, 3.8) is 0 Å². The van der Waals surface area contributed by atoms with Crippen molar-refractivity contribution >= 4 is 22.1 Å². The summed E-state index contributed by atoms with van der Waals surface area (Å²) >= 11 is 1.71. The van der Waals surface area contributed by atoms with Crippen LogP contribution in [0.15, 0.2) is 48.0 Å². The van der Waals surface area contributed by atoms with Gasteiger partial charge in [-0.3, -0.25) is 4.90 Å². The van der Waals surface area contributed by atoms with Crippen molar-refractivity contribution in [2.45, 2.75) is 19.0 Å². The molecule has 0 fully saturated rings. The van der Waals surface area contributed by atoms with Crippen LogP contribution in [0, 0.1) is 11.8 Å². The minimum atomic E-state index is 0.0256. The number of nitrogens with zero attached hydrogens (tertiary/aromatic N) is 2.